The van der Waals surface area contributed by atoms with E-state index < -0.39 is 11.6 Å². The summed E-state index contributed by atoms with van der Waals surface area (Å²) < 4.78 is 26.9. The van der Waals surface area contributed by atoms with E-state index in [0.717, 1.165) is 32.8 Å². The summed E-state index contributed by atoms with van der Waals surface area (Å²) in [7, 11) is 0. The molecule has 10 heteroatoms. The van der Waals surface area contributed by atoms with Gasteiger partial charge in [-0.2, -0.15) is 0 Å². The molecular formula is C29H25F2N5O2S. The van der Waals surface area contributed by atoms with Crippen molar-refractivity contribution in [1.29, 1.82) is 0 Å². The lowest BCUT2D eigenvalue weighted by Crippen LogP contribution is -2.30. The van der Waals surface area contributed by atoms with Crippen LogP contribution in [-0.4, -0.2) is 33.2 Å². The smallest absolute Gasteiger partial charge is 0.253 e. The average molecular weight is 546 g/mol. The van der Waals surface area contributed by atoms with E-state index in [0.29, 0.717) is 41.1 Å². The molecule has 0 radical (unpaired) electrons. The quantitative estimate of drug-likeness (QED) is 0.276. The van der Waals surface area contributed by atoms with Crippen LogP contribution < -0.4 is 10.6 Å². The molecule has 0 saturated heterocycles. The lowest BCUT2D eigenvalue weighted by atomic mass is 10.1. The number of carbonyl (C=O) groups excluding carboxylic acids is 2. The number of amides is 2. The zero-order valence-corrected chi connectivity index (χ0v) is 21.9. The summed E-state index contributed by atoms with van der Waals surface area (Å²) in [5.74, 6) is -2.30. The van der Waals surface area contributed by atoms with Crippen molar-refractivity contribution in [2.45, 2.75) is 20.0 Å². The molecule has 1 aromatic carbocycles. The molecule has 1 aliphatic rings. The van der Waals surface area contributed by atoms with Gasteiger partial charge in [0.25, 0.3) is 11.8 Å². The molecule has 5 rings (SSSR count). The number of hydrogen-bond acceptors (Lipinski definition) is 5. The Morgan fingerprint density at radius 2 is 1.95 bits per heavy atom. The number of benzene rings is 1. The predicted octanol–water partition coefficient (Wildman–Crippen LogP) is 5.41. The van der Waals surface area contributed by atoms with Crippen LogP contribution >= 0.6 is 11.3 Å². The Kier molecular flexibility index (Phi) is 7.38. The minimum Gasteiger partial charge on any atom is -0.352 e. The second-order valence-electron chi connectivity index (χ2n) is 8.88. The first-order chi connectivity index (χ1) is 18.8. The van der Waals surface area contributed by atoms with Gasteiger partial charge in [0.15, 0.2) is 11.6 Å². The largest absolute Gasteiger partial charge is 0.352 e. The Morgan fingerprint density at radius 1 is 1.10 bits per heavy atom. The number of allylic oxidation sites excluding steroid dienone is 2. The van der Waals surface area contributed by atoms with Gasteiger partial charge in [-0.1, -0.05) is 12.6 Å². The number of fused-ring (bicyclic) bond motifs is 1. The molecule has 0 spiro atoms. The number of nitrogens with one attached hydrogen (secondary N) is 3. The van der Waals surface area contributed by atoms with Crippen molar-refractivity contribution in [3.8, 4) is 10.4 Å². The summed E-state index contributed by atoms with van der Waals surface area (Å²) in [6.07, 6.45) is 8.53. The van der Waals surface area contributed by atoms with Crippen LogP contribution in [-0.2, 0) is 17.9 Å². The summed E-state index contributed by atoms with van der Waals surface area (Å²) in [5.41, 5.74) is 3.50. The molecule has 0 fully saturated rings. The number of halogens is 2. The van der Waals surface area contributed by atoms with Gasteiger partial charge in [-0.3, -0.25) is 9.59 Å². The fourth-order valence-electron chi connectivity index (χ4n) is 4.25. The number of nitrogens with zero attached hydrogens (tertiary/aromatic N) is 2. The molecule has 2 amide bonds. The molecule has 7 nitrogen and oxygen atoms in total. The number of thiophene rings is 1. The Bertz CT molecular complexity index is 1650. The van der Waals surface area contributed by atoms with Crippen LogP contribution in [0.5, 0.6) is 0 Å². The SMILES string of the molecule is C=C1C(C(=O)NCc2ccc(-c3c[nH]c4ncc(C(=O)NCC)cc34)s2)=CC=CN1Cc1ccc(F)c(F)c1. The van der Waals surface area contributed by atoms with Crippen LogP contribution in [0.4, 0.5) is 8.78 Å². The number of aromatic amines is 1. The van der Waals surface area contributed by atoms with E-state index in [1.165, 1.54) is 17.4 Å². The summed E-state index contributed by atoms with van der Waals surface area (Å²) in [4.78, 5) is 36.4. The molecule has 198 valence electrons. The summed E-state index contributed by atoms with van der Waals surface area (Å²) >= 11 is 1.53. The normalized spacial score (nSPS) is 13.1. The maximum Gasteiger partial charge on any atom is 0.253 e. The number of H-pyrrole nitrogens is 1. The fraction of sp³-hybridized carbons (Fsp3) is 0.138. The van der Waals surface area contributed by atoms with E-state index in [1.54, 1.807) is 29.4 Å². The van der Waals surface area contributed by atoms with Crippen LogP contribution in [0.15, 0.2) is 85.0 Å². The van der Waals surface area contributed by atoms with E-state index in [-0.39, 0.29) is 18.4 Å². The number of hydrogen-bond donors (Lipinski definition) is 3. The molecule has 3 aromatic heterocycles. The Hall–Kier alpha value is -4.57. The highest BCUT2D eigenvalue weighted by molar-refractivity contribution is 7.15. The minimum absolute atomic E-state index is 0.175. The van der Waals surface area contributed by atoms with Gasteiger partial charge in [0.1, 0.15) is 5.65 Å². The lowest BCUT2D eigenvalue weighted by molar-refractivity contribution is -0.117. The van der Waals surface area contributed by atoms with Gasteiger partial charge in [0, 0.05) is 58.1 Å². The Labute approximate surface area is 227 Å². The standard InChI is InChI=1S/C29H25F2N5O2S/c1-3-32-28(37)19-12-22-23(15-34-27(22)33-13-19)26-9-7-20(39-26)14-35-29(38)21-5-4-10-36(17(21)2)16-18-6-8-24(30)25(31)11-18/h4-13,15H,2-3,14,16H2,1H3,(H,32,37)(H,33,34)(H,35,38). The van der Waals surface area contributed by atoms with Crippen LogP contribution in [0.25, 0.3) is 21.5 Å². The third-order valence-electron chi connectivity index (χ3n) is 6.25. The average Bonchev–Trinajstić information content (AvgIpc) is 3.57. The minimum atomic E-state index is -0.922. The van der Waals surface area contributed by atoms with Gasteiger partial charge >= 0.3 is 0 Å². The van der Waals surface area contributed by atoms with Gasteiger partial charge in [0.05, 0.1) is 17.7 Å². The Morgan fingerprint density at radius 3 is 2.74 bits per heavy atom. The molecule has 4 aromatic rings. The van der Waals surface area contributed by atoms with Gasteiger partial charge in [-0.15, -0.1) is 11.3 Å². The molecule has 3 N–H and O–H groups in total. The monoisotopic (exact) mass is 545 g/mol. The zero-order valence-electron chi connectivity index (χ0n) is 21.1. The third kappa shape index (κ3) is 5.51. The van der Waals surface area contributed by atoms with Gasteiger partial charge in [0.2, 0.25) is 0 Å². The first kappa shape index (κ1) is 26.1. The van der Waals surface area contributed by atoms with Crippen molar-refractivity contribution in [3.63, 3.8) is 0 Å². The fourth-order valence-corrected chi connectivity index (χ4v) is 5.23. The molecule has 0 unspecified atom stereocenters. The van der Waals surface area contributed by atoms with Crippen LogP contribution in [0, 0.1) is 11.6 Å². The zero-order chi connectivity index (χ0) is 27.5. The molecule has 0 saturated carbocycles. The number of pyridine rings is 1. The van der Waals surface area contributed by atoms with Crippen molar-refractivity contribution in [2.75, 3.05) is 6.54 Å². The number of rotatable bonds is 8. The van der Waals surface area contributed by atoms with Crippen molar-refractivity contribution in [2.24, 2.45) is 0 Å². The molecule has 0 aliphatic carbocycles. The first-order valence-electron chi connectivity index (χ1n) is 12.2. The van der Waals surface area contributed by atoms with E-state index in [4.69, 9.17) is 0 Å². The van der Waals surface area contributed by atoms with Gasteiger partial charge in [-0.25, -0.2) is 13.8 Å². The van der Waals surface area contributed by atoms with E-state index in [9.17, 15) is 18.4 Å². The highest BCUT2D eigenvalue weighted by atomic mass is 32.1. The summed E-state index contributed by atoms with van der Waals surface area (Å²) in [6.45, 7) is 6.98. The highest BCUT2D eigenvalue weighted by Crippen LogP contribution is 2.34. The predicted molar refractivity (Wildman–Crippen MR) is 148 cm³/mol. The highest BCUT2D eigenvalue weighted by Gasteiger charge is 2.20. The lowest BCUT2D eigenvalue weighted by Gasteiger charge is -2.26. The van der Waals surface area contributed by atoms with E-state index in [1.807, 2.05) is 31.3 Å². The first-order valence-corrected chi connectivity index (χ1v) is 13.1. The number of carbonyl (C=O) groups is 2. The molecule has 0 atom stereocenters. The third-order valence-corrected chi connectivity index (χ3v) is 7.37. The van der Waals surface area contributed by atoms with Crippen LogP contribution in [0.3, 0.4) is 0 Å². The maximum atomic E-state index is 13.6. The molecule has 0 bridgehead atoms. The molecular weight excluding hydrogens is 520 g/mol. The van der Waals surface area contributed by atoms with Crippen molar-refractivity contribution < 1.29 is 18.4 Å². The van der Waals surface area contributed by atoms with Crippen molar-refractivity contribution in [3.05, 3.63) is 113 Å². The van der Waals surface area contributed by atoms with Gasteiger partial charge < -0.3 is 20.5 Å². The van der Waals surface area contributed by atoms with E-state index >= 15 is 0 Å². The van der Waals surface area contributed by atoms with Gasteiger partial charge in [-0.05, 0) is 55.0 Å². The summed E-state index contributed by atoms with van der Waals surface area (Å²) in [6, 6.07) is 9.44. The molecule has 39 heavy (non-hydrogen) atoms. The Balaban J connectivity index is 1.24. The van der Waals surface area contributed by atoms with Crippen molar-refractivity contribution >= 4 is 34.2 Å². The van der Waals surface area contributed by atoms with Crippen LogP contribution in [0.2, 0.25) is 0 Å². The second kappa shape index (κ2) is 11.0. The van der Waals surface area contributed by atoms with Crippen LogP contribution in [0.1, 0.15) is 27.7 Å². The van der Waals surface area contributed by atoms with E-state index in [2.05, 4.69) is 27.2 Å². The number of aromatic nitrogens is 2. The second-order valence-corrected chi connectivity index (χ2v) is 10.0. The topological polar surface area (TPSA) is 90.1 Å². The molecule has 1 aliphatic heterocycles. The maximum absolute atomic E-state index is 13.6. The molecule has 4 heterocycles. The summed E-state index contributed by atoms with van der Waals surface area (Å²) in [5, 5.41) is 6.56. The van der Waals surface area contributed by atoms with Crippen molar-refractivity contribution in [1.82, 2.24) is 25.5 Å².